The highest BCUT2D eigenvalue weighted by Gasteiger charge is 2.20. The number of benzene rings is 2. The number of nitrogens with zero attached hydrogens (tertiary/aromatic N) is 3. The van der Waals surface area contributed by atoms with Gasteiger partial charge in [-0.3, -0.25) is 4.57 Å². The number of anilines is 2. The zero-order valence-corrected chi connectivity index (χ0v) is 15.6. The van der Waals surface area contributed by atoms with E-state index in [-0.39, 0.29) is 5.30 Å². The molecule has 3 N–H and O–H groups in total. The van der Waals surface area contributed by atoms with Crippen LogP contribution >= 0.6 is 18.9 Å². The van der Waals surface area contributed by atoms with Crippen LogP contribution in [-0.2, 0) is 11.6 Å². The van der Waals surface area contributed by atoms with Gasteiger partial charge in [-0.15, -0.1) is 0 Å². The molecule has 8 nitrogen and oxygen atoms in total. The van der Waals surface area contributed by atoms with E-state index in [4.69, 9.17) is 4.74 Å². The molecule has 0 unspecified atom stereocenters. The summed E-state index contributed by atoms with van der Waals surface area (Å²) < 4.78 is 19.7. The number of thiazole rings is 1. The van der Waals surface area contributed by atoms with Gasteiger partial charge in [-0.1, -0.05) is 11.3 Å². The summed E-state index contributed by atoms with van der Waals surface area (Å²) in [6.07, 6.45) is 1.74. The van der Waals surface area contributed by atoms with E-state index in [9.17, 15) is 14.4 Å². The number of methoxy groups -OCH3 is 1. The van der Waals surface area contributed by atoms with E-state index in [0.717, 1.165) is 21.3 Å². The summed E-state index contributed by atoms with van der Waals surface area (Å²) >= 11 is 1.43. The SMILES string of the molecule is COc1ccc(P(=O)(O)O)cc1Nc1nc2c(ccc3c2ncn3C)s1. The lowest BCUT2D eigenvalue weighted by Crippen LogP contribution is -2.06. The van der Waals surface area contributed by atoms with Crippen LogP contribution < -0.4 is 15.4 Å². The molecule has 2 aromatic carbocycles. The molecule has 2 aromatic heterocycles. The minimum absolute atomic E-state index is 0.0889. The standard InChI is InChI=1S/C16H15N4O4PS/c1-20-8-17-14-11(20)4-6-13-15(14)19-16(26-13)18-10-7-9(25(21,22)23)3-5-12(10)24-2/h3-8H,1-2H3,(H,18,19)(H2,21,22,23). The molecule has 0 fully saturated rings. The van der Waals surface area contributed by atoms with E-state index in [0.29, 0.717) is 16.6 Å². The average Bonchev–Trinajstić information content (AvgIpc) is 3.17. The number of hydrogen-bond acceptors (Lipinski definition) is 6. The molecule has 0 aliphatic carbocycles. The van der Waals surface area contributed by atoms with E-state index < -0.39 is 7.60 Å². The molecule has 0 spiro atoms. The fourth-order valence-electron chi connectivity index (χ4n) is 2.73. The molecule has 26 heavy (non-hydrogen) atoms. The molecular formula is C16H15N4O4PS. The molecule has 0 saturated heterocycles. The zero-order chi connectivity index (χ0) is 18.5. The monoisotopic (exact) mass is 390 g/mol. The number of hydrogen-bond donors (Lipinski definition) is 3. The number of aromatic nitrogens is 3. The number of ether oxygens (including phenoxy) is 1. The molecule has 0 aliphatic rings. The molecule has 134 valence electrons. The lowest BCUT2D eigenvalue weighted by Gasteiger charge is -2.11. The van der Waals surface area contributed by atoms with Gasteiger partial charge < -0.3 is 24.4 Å². The van der Waals surface area contributed by atoms with Crippen molar-refractivity contribution in [1.29, 1.82) is 0 Å². The molecule has 0 aliphatic heterocycles. The highest BCUT2D eigenvalue weighted by atomic mass is 32.1. The first kappa shape index (κ1) is 17.0. The second kappa shape index (κ2) is 6.07. The second-order valence-electron chi connectivity index (χ2n) is 5.71. The van der Waals surface area contributed by atoms with Crippen LogP contribution in [0, 0.1) is 0 Å². The highest BCUT2D eigenvalue weighted by molar-refractivity contribution is 7.60. The van der Waals surface area contributed by atoms with Crippen molar-refractivity contribution >= 4 is 56.3 Å². The first-order chi connectivity index (χ1) is 12.4. The van der Waals surface area contributed by atoms with Crippen molar-refractivity contribution < 1.29 is 19.1 Å². The van der Waals surface area contributed by atoms with Crippen LogP contribution in [0.1, 0.15) is 0 Å². The summed E-state index contributed by atoms with van der Waals surface area (Å²) in [5.74, 6) is 0.462. The molecule has 0 amide bonds. The van der Waals surface area contributed by atoms with Crippen LogP contribution in [0.2, 0.25) is 0 Å². The Labute approximate surface area is 152 Å². The van der Waals surface area contributed by atoms with Crippen molar-refractivity contribution in [2.45, 2.75) is 0 Å². The van der Waals surface area contributed by atoms with E-state index in [1.807, 2.05) is 23.7 Å². The Morgan fingerprint density at radius 3 is 2.77 bits per heavy atom. The summed E-state index contributed by atoms with van der Waals surface area (Å²) in [6.45, 7) is 0. The van der Waals surface area contributed by atoms with Crippen LogP contribution in [0.4, 0.5) is 10.8 Å². The predicted octanol–water partition coefficient (Wildman–Crippen LogP) is 2.74. The number of imidazole rings is 1. The maximum absolute atomic E-state index is 11.5. The Hall–Kier alpha value is -2.45. The van der Waals surface area contributed by atoms with Crippen LogP contribution in [0.3, 0.4) is 0 Å². The number of rotatable bonds is 4. The smallest absolute Gasteiger partial charge is 0.356 e. The summed E-state index contributed by atoms with van der Waals surface area (Å²) in [5, 5.41) is 3.60. The van der Waals surface area contributed by atoms with E-state index in [1.165, 1.54) is 36.6 Å². The fourth-order valence-corrected chi connectivity index (χ4v) is 4.18. The van der Waals surface area contributed by atoms with Gasteiger partial charge in [0.15, 0.2) is 5.13 Å². The minimum atomic E-state index is -4.36. The first-order valence-electron chi connectivity index (χ1n) is 7.58. The summed E-state index contributed by atoms with van der Waals surface area (Å²) in [6, 6.07) is 8.21. The second-order valence-corrected chi connectivity index (χ2v) is 8.34. The Morgan fingerprint density at radius 1 is 1.23 bits per heavy atom. The van der Waals surface area contributed by atoms with E-state index >= 15 is 0 Å². The molecule has 4 rings (SSSR count). The predicted molar refractivity (Wildman–Crippen MR) is 102 cm³/mol. The van der Waals surface area contributed by atoms with Gasteiger partial charge in [0.25, 0.3) is 0 Å². The van der Waals surface area contributed by atoms with Crippen molar-refractivity contribution in [2.75, 3.05) is 12.4 Å². The summed E-state index contributed by atoms with van der Waals surface area (Å²) in [5.41, 5.74) is 3.01. The highest BCUT2D eigenvalue weighted by Crippen LogP contribution is 2.38. The Bertz CT molecular complexity index is 1180. The molecule has 0 bridgehead atoms. The third kappa shape index (κ3) is 2.85. The number of aryl methyl sites for hydroxylation is 1. The topological polar surface area (TPSA) is 110 Å². The van der Waals surface area contributed by atoms with Crippen molar-refractivity contribution in [2.24, 2.45) is 7.05 Å². The zero-order valence-electron chi connectivity index (χ0n) is 13.9. The van der Waals surface area contributed by atoms with Crippen LogP contribution in [0.25, 0.3) is 21.3 Å². The van der Waals surface area contributed by atoms with E-state index in [2.05, 4.69) is 15.3 Å². The van der Waals surface area contributed by atoms with Crippen LogP contribution in [0.5, 0.6) is 5.75 Å². The minimum Gasteiger partial charge on any atom is -0.495 e. The molecule has 0 radical (unpaired) electrons. The van der Waals surface area contributed by atoms with Crippen molar-refractivity contribution in [3.05, 3.63) is 36.7 Å². The fraction of sp³-hybridized carbons (Fsp3) is 0.125. The Kier molecular flexibility index (Phi) is 3.96. The third-order valence-corrected chi connectivity index (χ3v) is 5.90. The molecule has 2 heterocycles. The van der Waals surface area contributed by atoms with Gasteiger partial charge in [-0.2, -0.15) is 0 Å². The summed E-state index contributed by atoms with van der Waals surface area (Å²) in [4.78, 5) is 27.8. The van der Waals surface area contributed by atoms with Crippen molar-refractivity contribution in [1.82, 2.24) is 14.5 Å². The summed E-state index contributed by atoms with van der Waals surface area (Å²) in [7, 11) is -0.948. The maximum Gasteiger partial charge on any atom is 0.356 e. The lowest BCUT2D eigenvalue weighted by atomic mass is 10.3. The first-order valence-corrected chi connectivity index (χ1v) is 10.0. The number of fused-ring (bicyclic) bond motifs is 3. The van der Waals surface area contributed by atoms with Crippen LogP contribution in [-0.4, -0.2) is 31.4 Å². The van der Waals surface area contributed by atoms with Gasteiger partial charge >= 0.3 is 7.60 Å². The average molecular weight is 390 g/mol. The maximum atomic E-state index is 11.5. The van der Waals surface area contributed by atoms with Crippen molar-refractivity contribution in [3.63, 3.8) is 0 Å². The Balaban J connectivity index is 1.79. The van der Waals surface area contributed by atoms with Crippen LogP contribution in [0.15, 0.2) is 36.7 Å². The number of nitrogens with one attached hydrogen (secondary N) is 1. The molecular weight excluding hydrogens is 375 g/mol. The van der Waals surface area contributed by atoms with Gasteiger partial charge in [-0.25, -0.2) is 9.97 Å². The third-order valence-electron chi connectivity index (χ3n) is 4.01. The molecule has 10 heteroatoms. The van der Waals surface area contributed by atoms with Gasteiger partial charge in [0.05, 0.1) is 34.6 Å². The van der Waals surface area contributed by atoms with Gasteiger partial charge in [0, 0.05) is 7.05 Å². The van der Waals surface area contributed by atoms with Gasteiger partial charge in [0.1, 0.15) is 16.8 Å². The molecule has 0 atom stereocenters. The Morgan fingerprint density at radius 2 is 2.04 bits per heavy atom. The van der Waals surface area contributed by atoms with Gasteiger partial charge in [0.2, 0.25) is 0 Å². The van der Waals surface area contributed by atoms with E-state index in [1.54, 1.807) is 6.33 Å². The lowest BCUT2D eigenvalue weighted by molar-refractivity contribution is 0.387. The quantitative estimate of drug-likeness (QED) is 0.460. The van der Waals surface area contributed by atoms with Crippen molar-refractivity contribution in [3.8, 4) is 5.75 Å². The molecule has 0 saturated carbocycles. The molecule has 4 aromatic rings. The van der Waals surface area contributed by atoms with Gasteiger partial charge in [-0.05, 0) is 30.3 Å². The largest absolute Gasteiger partial charge is 0.495 e. The normalized spacial score (nSPS) is 12.0.